The largest absolute Gasteiger partial charge is 0.373 e. The van der Waals surface area contributed by atoms with Crippen molar-refractivity contribution in [2.75, 3.05) is 26.2 Å². The summed E-state index contributed by atoms with van der Waals surface area (Å²) in [6, 6.07) is 1.07. The molecule has 2 bridgehead atoms. The van der Waals surface area contributed by atoms with Gasteiger partial charge in [-0.1, -0.05) is 13.3 Å². The lowest BCUT2D eigenvalue weighted by Gasteiger charge is -2.34. The second-order valence-corrected chi connectivity index (χ2v) is 6.86. The smallest absolute Gasteiger partial charge is 0.191 e. The highest BCUT2D eigenvalue weighted by Gasteiger charge is 2.41. The number of likely N-dealkylation sites (N-methyl/N-ethyl adjacent to an activating group) is 1. The van der Waals surface area contributed by atoms with Crippen molar-refractivity contribution in [3.63, 3.8) is 0 Å². The summed E-state index contributed by atoms with van der Waals surface area (Å²) in [7, 11) is 0. The van der Waals surface area contributed by atoms with Crippen LogP contribution in [0.4, 0.5) is 0 Å². The molecule has 3 heterocycles. The fourth-order valence-electron chi connectivity index (χ4n) is 4.17. The van der Waals surface area contributed by atoms with Crippen LogP contribution in [0.15, 0.2) is 4.99 Å². The highest BCUT2D eigenvalue weighted by Crippen LogP contribution is 2.34. The Kier molecular flexibility index (Phi) is 7.88. The molecule has 0 aliphatic carbocycles. The maximum atomic E-state index is 5.94. The van der Waals surface area contributed by atoms with Gasteiger partial charge in [-0.25, -0.2) is 0 Å². The molecule has 0 saturated carbocycles. The monoisotopic (exact) mass is 436 g/mol. The number of likely N-dealkylation sites (tertiary alicyclic amines) is 1. The van der Waals surface area contributed by atoms with Crippen molar-refractivity contribution in [2.45, 2.75) is 76.7 Å². The summed E-state index contributed by atoms with van der Waals surface area (Å²) in [6.45, 7) is 8.59. The van der Waals surface area contributed by atoms with Crippen LogP contribution in [0.25, 0.3) is 0 Å². The standard InChI is InChI=1S/C17H32N4O.HI/c1-3-18-17(20-15-11-14-8-9-16(15)22-14)19-12-13-7-5-6-10-21(13)4-2;/h13-16H,3-12H2,1-2H3,(H2,18,19,20);1H. The Hall–Kier alpha value is -0.0800. The molecule has 3 aliphatic rings. The zero-order chi connectivity index (χ0) is 15.4. The van der Waals surface area contributed by atoms with E-state index in [-0.39, 0.29) is 24.0 Å². The zero-order valence-corrected chi connectivity index (χ0v) is 16.9. The third-order valence-corrected chi connectivity index (χ3v) is 5.39. The Bertz CT molecular complexity index is 393. The van der Waals surface area contributed by atoms with Crippen LogP contribution in [-0.2, 0) is 4.74 Å². The van der Waals surface area contributed by atoms with E-state index in [0.717, 1.165) is 32.0 Å². The summed E-state index contributed by atoms with van der Waals surface area (Å²) >= 11 is 0. The molecule has 0 radical (unpaired) electrons. The minimum absolute atomic E-state index is 0. The van der Waals surface area contributed by atoms with Crippen LogP contribution in [0.3, 0.4) is 0 Å². The SMILES string of the molecule is CCNC(=NCC1CCCCN1CC)NC1CC2CCC1O2.I. The van der Waals surface area contributed by atoms with Crippen molar-refractivity contribution in [1.82, 2.24) is 15.5 Å². The van der Waals surface area contributed by atoms with Crippen molar-refractivity contribution in [2.24, 2.45) is 4.99 Å². The Balaban J connectivity index is 0.00000192. The Labute approximate surface area is 158 Å². The fourth-order valence-corrected chi connectivity index (χ4v) is 4.17. The van der Waals surface area contributed by atoms with E-state index in [9.17, 15) is 0 Å². The molecule has 3 fully saturated rings. The third-order valence-electron chi connectivity index (χ3n) is 5.39. The molecule has 3 aliphatic heterocycles. The molecular weight excluding hydrogens is 403 g/mol. The molecule has 3 rings (SSSR count). The molecule has 3 saturated heterocycles. The second-order valence-electron chi connectivity index (χ2n) is 6.86. The van der Waals surface area contributed by atoms with Gasteiger partial charge in [-0.2, -0.15) is 0 Å². The second kappa shape index (κ2) is 9.42. The van der Waals surface area contributed by atoms with E-state index in [0.29, 0.717) is 24.3 Å². The van der Waals surface area contributed by atoms with Gasteiger partial charge in [0.25, 0.3) is 0 Å². The minimum atomic E-state index is 0. The number of rotatable bonds is 5. The van der Waals surface area contributed by atoms with Crippen molar-refractivity contribution in [3.05, 3.63) is 0 Å². The van der Waals surface area contributed by atoms with Crippen LogP contribution in [0, 0.1) is 0 Å². The molecular formula is C17H33IN4O. The number of nitrogens with zero attached hydrogens (tertiary/aromatic N) is 2. The van der Waals surface area contributed by atoms with Crippen LogP contribution >= 0.6 is 24.0 Å². The number of hydrogen-bond donors (Lipinski definition) is 2. The molecule has 134 valence electrons. The van der Waals surface area contributed by atoms with E-state index in [1.165, 1.54) is 38.6 Å². The predicted molar refractivity (Wildman–Crippen MR) is 106 cm³/mol. The average Bonchev–Trinajstić information content (AvgIpc) is 3.16. The maximum absolute atomic E-state index is 5.94. The molecule has 0 aromatic heterocycles. The van der Waals surface area contributed by atoms with E-state index in [1.807, 2.05) is 0 Å². The average molecular weight is 436 g/mol. The van der Waals surface area contributed by atoms with Gasteiger partial charge in [0.05, 0.1) is 24.8 Å². The molecule has 4 atom stereocenters. The number of guanidine groups is 1. The summed E-state index contributed by atoms with van der Waals surface area (Å²) in [6.07, 6.45) is 8.44. The highest BCUT2D eigenvalue weighted by molar-refractivity contribution is 14.0. The molecule has 0 spiro atoms. The lowest BCUT2D eigenvalue weighted by Crippen LogP contribution is -2.48. The zero-order valence-electron chi connectivity index (χ0n) is 14.6. The third kappa shape index (κ3) is 4.95. The predicted octanol–water partition coefficient (Wildman–Crippen LogP) is 2.35. The van der Waals surface area contributed by atoms with Crippen molar-refractivity contribution < 1.29 is 4.74 Å². The van der Waals surface area contributed by atoms with E-state index in [2.05, 4.69) is 29.4 Å². The van der Waals surface area contributed by atoms with Crippen LogP contribution in [0.1, 0.15) is 52.4 Å². The minimum Gasteiger partial charge on any atom is -0.373 e. The number of ether oxygens (including phenoxy) is 1. The summed E-state index contributed by atoms with van der Waals surface area (Å²) < 4.78 is 5.94. The maximum Gasteiger partial charge on any atom is 0.191 e. The first kappa shape index (κ1) is 19.2. The van der Waals surface area contributed by atoms with Gasteiger partial charge in [0.1, 0.15) is 0 Å². The van der Waals surface area contributed by atoms with E-state index in [1.54, 1.807) is 0 Å². The van der Waals surface area contributed by atoms with Crippen LogP contribution in [0.2, 0.25) is 0 Å². The lowest BCUT2D eigenvalue weighted by molar-refractivity contribution is 0.0992. The molecule has 5 nitrogen and oxygen atoms in total. The van der Waals surface area contributed by atoms with E-state index >= 15 is 0 Å². The quantitative estimate of drug-likeness (QED) is 0.395. The van der Waals surface area contributed by atoms with E-state index in [4.69, 9.17) is 9.73 Å². The van der Waals surface area contributed by atoms with Gasteiger partial charge in [-0.3, -0.25) is 9.89 Å². The topological polar surface area (TPSA) is 48.9 Å². The number of halogens is 1. The first-order chi connectivity index (χ1) is 10.8. The molecule has 4 unspecified atom stereocenters. The van der Waals surface area contributed by atoms with Crippen molar-refractivity contribution >= 4 is 29.9 Å². The first-order valence-electron chi connectivity index (χ1n) is 9.24. The summed E-state index contributed by atoms with van der Waals surface area (Å²) in [5.74, 6) is 0.977. The highest BCUT2D eigenvalue weighted by atomic mass is 127. The van der Waals surface area contributed by atoms with Crippen molar-refractivity contribution in [3.8, 4) is 0 Å². The van der Waals surface area contributed by atoms with Gasteiger partial charge in [-0.15, -0.1) is 24.0 Å². The van der Waals surface area contributed by atoms with Gasteiger partial charge < -0.3 is 15.4 Å². The van der Waals surface area contributed by atoms with E-state index < -0.39 is 0 Å². The lowest BCUT2D eigenvalue weighted by atomic mass is 9.96. The fraction of sp³-hybridized carbons (Fsp3) is 0.941. The number of fused-ring (bicyclic) bond motifs is 2. The first-order valence-corrected chi connectivity index (χ1v) is 9.24. The summed E-state index contributed by atoms with van der Waals surface area (Å²) in [5, 5.41) is 7.02. The molecule has 0 aromatic carbocycles. The molecule has 0 aromatic rings. The number of aliphatic imine (C=N–C) groups is 1. The van der Waals surface area contributed by atoms with Gasteiger partial charge in [-0.05, 0) is 52.1 Å². The molecule has 0 amide bonds. The summed E-state index contributed by atoms with van der Waals surface area (Å²) in [5.41, 5.74) is 0. The molecule has 6 heteroatoms. The van der Waals surface area contributed by atoms with Gasteiger partial charge in [0.15, 0.2) is 5.96 Å². The Morgan fingerprint density at radius 1 is 1.22 bits per heavy atom. The molecule has 2 N–H and O–H groups in total. The Morgan fingerprint density at radius 3 is 2.74 bits per heavy atom. The number of hydrogen-bond acceptors (Lipinski definition) is 3. The van der Waals surface area contributed by atoms with Crippen LogP contribution < -0.4 is 10.6 Å². The van der Waals surface area contributed by atoms with Gasteiger partial charge in [0, 0.05) is 12.6 Å². The molecule has 23 heavy (non-hydrogen) atoms. The van der Waals surface area contributed by atoms with Gasteiger partial charge in [0.2, 0.25) is 0 Å². The Morgan fingerprint density at radius 2 is 2.09 bits per heavy atom. The van der Waals surface area contributed by atoms with Crippen LogP contribution in [-0.4, -0.2) is 61.3 Å². The van der Waals surface area contributed by atoms with Crippen LogP contribution in [0.5, 0.6) is 0 Å². The number of piperidine rings is 1. The van der Waals surface area contributed by atoms with Crippen molar-refractivity contribution in [1.29, 1.82) is 0 Å². The summed E-state index contributed by atoms with van der Waals surface area (Å²) in [4.78, 5) is 7.46. The van der Waals surface area contributed by atoms with Gasteiger partial charge >= 0.3 is 0 Å². The number of nitrogens with one attached hydrogen (secondary N) is 2. The normalized spacial score (nSPS) is 34.3.